The van der Waals surface area contributed by atoms with Gasteiger partial charge in [0, 0.05) is 13.1 Å². The highest BCUT2D eigenvalue weighted by Gasteiger charge is 2.22. The Balaban J connectivity index is 2.44. The molecule has 0 aliphatic rings. The normalized spacial score (nSPS) is 13.7. The summed E-state index contributed by atoms with van der Waals surface area (Å²) in [6, 6.07) is 9.02. The number of para-hydroxylation sites is 1. The molecule has 2 unspecified atom stereocenters. The van der Waals surface area contributed by atoms with Crippen molar-refractivity contribution in [3.63, 3.8) is 0 Å². The number of anilines is 1. The zero-order valence-corrected chi connectivity index (χ0v) is 13.3. The molecule has 6 heteroatoms. The van der Waals surface area contributed by atoms with Crippen molar-refractivity contribution in [1.29, 1.82) is 0 Å². The summed E-state index contributed by atoms with van der Waals surface area (Å²) >= 11 is 0. The van der Waals surface area contributed by atoms with Gasteiger partial charge in [-0.2, -0.15) is 0 Å². The monoisotopic (exact) mass is 302 g/mol. The van der Waals surface area contributed by atoms with Crippen molar-refractivity contribution < 1.29 is 4.79 Å². The SMILES string of the molecule is Cc1c(NC(=O)C(C)C(C)N)c(=O)n(-c2ccccc2)n1C. The van der Waals surface area contributed by atoms with Crippen LogP contribution in [0.25, 0.3) is 5.69 Å². The molecule has 2 rings (SSSR count). The molecule has 118 valence electrons. The number of nitrogens with one attached hydrogen (secondary N) is 1. The van der Waals surface area contributed by atoms with Crippen molar-refractivity contribution in [3.8, 4) is 5.69 Å². The first-order chi connectivity index (χ1) is 10.3. The Labute approximate surface area is 129 Å². The third-order valence-electron chi connectivity index (χ3n) is 4.00. The van der Waals surface area contributed by atoms with Gasteiger partial charge in [-0.05, 0) is 26.0 Å². The van der Waals surface area contributed by atoms with E-state index in [9.17, 15) is 9.59 Å². The van der Waals surface area contributed by atoms with Crippen molar-refractivity contribution in [1.82, 2.24) is 9.36 Å². The third-order valence-corrected chi connectivity index (χ3v) is 4.00. The van der Waals surface area contributed by atoms with Gasteiger partial charge in [-0.15, -0.1) is 0 Å². The first-order valence-corrected chi connectivity index (χ1v) is 7.25. The van der Waals surface area contributed by atoms with Gasteiger partial charge in [0.05, 0.1) is 17.3 Å². The van der Waals surface area contributed by atoms with Crippen LogP contribution >= 0.6 is 0 Å². The Morgan fingerprint density at radius 3 is 2.36 bits per heavy atom. The average molecular weight is 302 g/mol. The second-order valence-corrected chi connectivity index (χ2v) is 5.57. The van der Waals surface area contributed by atoms with E-state index < -0.39 is 0 Å². The molecule has 1 aromatic carbocycles. The molecule has 0 aliphatic heterocycles. The smallest absolute Gasteiger partial charge is 0.295 e. The summed E-state index contributed by atoms with van der Waals surface area (Å²) in [4.78, 5) is 24.8. The predicted octanol–water partition coefficient (Wildman–Crippen LogP) is 1.41. The van der Waals surface area contributed by atoms with Crippen LogP contribution in [0.2, 0.25) is 0 Å². The molecule has 1 aromatic heterocycles. The van der Waals surface area contributed by atoms with Gasteiger partial charge < -0.3 is 11.1 Å². The van der Waals surface area contributed by atoms with Gasteiger partial charge in [0.15, 0.2) is 0 Å². The van der Waals surface area contributed by atoms with Crippen molar-refractivity contribution >= 4 is 11.6 Å². The van der Waals surface area contributed by atoms with Crippen LogP contribution in [-0.2, 0) is 11.8 Å². The third kappa shape index (κ3) is 2.82. The van der Waals surface area contributed by atoms with Gasteiger partial charge >= 0.3 is 0 Å². The standard InChI is InChI=1S/C16H22N4O2/c1-10(11(2)17)15(21)18-14-12(3)19(4)20(16(14)22)13-8-6-5-7-9-13/h5-11H,17H2,1-4H3,(H,18,21). The number of aromatic nitrogens is 2. The van der Waals surface area contributed by atoms with Gasteiger partial charge in [0.1, 0.15) is 5.69 Å². The Morgan fingerprint density at radius 2 is 1.82 bits per heavy atom. The van der Waals surface area contributed by atoms with Gasteiger partial charge in [0.25, 0.3) is 5.56 Å². The molecule has 22 heavy (non-hydrogen) atoms. The first-order valence-electron chi connectivity index (χ1n) is 7.25. The number of rotatable bonds is 4. The van der Waals surface area contributed by atoms with Crippen molar-refractivity contribution in [2.75, 3.05) is 5.32 Å². The van der Waals surface area contributed by atoms with E-state index in [1.807, 2.05) is 30.3 Å². The Bertz CT molecular complexity index is 729. The van der Waals surface area contributed by atoms with E-state index in [1.165, 1.54) is 4.68 Å². The molecule has 0 fully saturated rings. The van der Waals surface area contributed by atoms with E-state index in [-0.39, 0.29) is 23.4 Å². The molecular formula is C16H22N4O2. The van der Waals surface area contributed by atoms with Crippen LogP contribution < -0.4 is 16.6 Å². The number of nitrogens with two attached hydrogens (primary N) is 1. The minimum atomic E-state index is -0.371. The molecular weight excluding hydrogens is 280 g/mol. The molecule has 2 aromatic rings. The van der Waals surface area contributed by atoms with Crippen LogP contribution in [0.1, 0.15) is 19.5 Å². The number of carbonyl (C=O) groups excluding carboxylic acids is 1. The molecule has 0 aliphatic carbocycles. The predicted molar refractivity (Wildman–Crippen MR) is 87.2 cm³/mol. The number of nitrogens with zero attached hydrogens (tertiary/aromatic N) is 2. The summed E-state index contributed by atoms with van der Waals surface area (Å²) in [5, 5.41) is 2.72. The number of benzene rings is 1. The Hall–Kier alpha value is -2.34. The zero-order chi connectivity index (χ0) is 16.4. The summed E-state index contributed by atoms with van der Waals surface area (Å²) < 4.78 is 3.26. The van der Waals surface area contributed by atoms with Gasteiger partial charge in [-0.1, -0.05) is 25.1 Å². The van der Waals surface area contributed by atoms with Crippen LogP contribution in [0.4, 0.5) is 5.69 Å². The van der Waals surface area contributed by atoms with Crippen LogP contribution in [-0.4, -0.2) is 21.3 Å². The van der Waals surface area contributed by atoms with Crippen LogP contribution in [0.5, 0.6) is 0 Å². The topological polar surface area (TPSA) is 82.1 Å². The fraction of sp³-hybridized carbons (Fsp3) is 0.375. The van der Waals surface area contributed by atoms with E-state index in [0.29, 0.717) is 11.4 Å². The molecule has 3 N–H and O–H groups in total. The van der Waals surface area contributed by atoms with E-state index in [1.54, 1.807) is 32.5 Å². The molecule has 0 saturated carbocycles. The fourth-order valence-corrected chi connectivity index (χ4v) is 2.19. The molecule has 0 bridgehead atoms. The summed E-state index contributed by atoms with van der Waals surface area (Å²) in [6.45, 7) is 5.31. The lowest BCUT2D eigenvalue weighted by molar-refractivity contribution is -0.119. The molecule has 1 heterocycles. The summed E-state index contributed by atoms with van der Waals surface area (Å²) in [5.74, 6) is -0.620. The Kier molecular flexibility index (Phi) is 4.51. The molecule has 1 amide bonds. The van der Waals surface area contributed by atoms with Crippen LogP contribution in [0, 0.1) is 12.8 Å². The van der Waals surface area contributed by atoms with Gasteiger partial charge in [-0.3, -0.25) is 14.3 Å². The Morgan fingerprint density at radius 1 is 1.23 bits per heavy atom. The summed E-state index contributed by atoms with van der Waals surface area (Å²) in [7, 11) is 1.79. The lowest BCUT2D eigenvalue weighted by atomic mass is 10.0. The summed E-state index contributed by atoms with van der Waals surface area (Å²) in [6.07, 6.45) is 0. The van der Waals surface area contributed by atoms with Crippen molar-refractivity contribution in [3.05, 3.63) is 46.4 Å². The highest BCUT2D eigenvalue weighted by Crippen LogP contribution is 2.15. The highest BCUT2D eigenvalue weighted by molar-refractivity contribution is 5.93. The first kappa shape index (κ1) is 16.0. The number of amides is 1. The van der Waals surface area contributed by atoms with Gasteiger partial charge in [0.2, 0.25) is 5.91 Å². The average Bonchev–Trinajstić information content (AvgIpc) is 2.71. The minimum Gasteiger partial charge on any atom is -0.327 e. The van der Waals surface area contributed by atoms with E-state index in [4.69, 9.17) is 5.73 Å². The second kappa shape index (κ2) is 6.19. The molecule has 0 saturated heterocycles. The fourth-order valence-electron chi connectivity index (χ4n) is 2.19. The van der Waals surface area contributed by atoms with E-state index in [2.05, 4.69) is 5.32 Å². The van der Waals surface area contributed by atoms with Crippen molar-refractivity contribution in [2.24, 2.45) is 18.7 Å². The quantitative estimate of drug-likeness (QED) is 0.896. The maximum atomic E-state index is 12.6. The molecule has 2 atom stereocenters. The highest BCUT2D eigenvalue weighted by atomic mass is 16.2. The molecule has 6 nitrogen and oxygen atoms in total. The zero-order valence-electron chi connectivity index (χ0n) is 13.3. The lowest BCUT2D eigenvalue weighted by Crippen LogP contribution is -2.35. The molecule has 0 spiro atoms. The van der Waals surface area contributed by atoms with Crippen LogP contribution in [0.15, 0.2) is 35.1 Å². The summed E-state index contributed by atoms with van der Waals surface area (Å²) in [5.41, 5.74) is 7.23. The minimum absolute atomic E-state index is 0.249. The maximum Gasteiger partial charge on any atom is 0.295 e. The van der Waals surface area contributed by atoms with E-state index >= 15 is 0 Å². The van der Waals surface area contributed by atoms with Gasteiger partial charge in [-0.25, -0.2) is 4.68 Å². The maximum absolute atomic E-state index is 12.6. The van der Waals surface area contributed by atoms with Crippen LogP contribution in [0.3, 0.4) is 0 Å². The number of carbonyl (C=O) groups is 1. The molecule has 0 radical (unpaired) electrons. The lowest BCUT2D eigenvalue weighted by Gasteiger charge is -2.14. The second-order valence-electron chi connectivity index (χ2n) is 5.57. The number of hydrogen-bond acceptors (Lipinski definition) is 3. The van der Waals surface area contributed by atoms with Crippen molar-refractivity contribution in [2.45, 2.75) is 26.8 Å². The van der Waals surface area contributed by atoms with E-state index in [0.717, 1.165) is 5.69 Å². The number of hydrogen-bond donors (Lipinski definition) is 2. The largest absolute Gasteiger partial charge is 0.327 e.